The standard InChI is InChI=1S/C7H9N4O2S/c8-1-2-13-11-5(3-12)6-4-14-7(9)10-6/h4H,1-2,8H2,(H2,9,10)/b11-5-. The highest BCUT2D eigenvalue weighted by Crippen LogP contribution is 2.11. The largest absolute Gasteiger partial charge is 0.394 e. The summed E-state index contributed by atoms with van der Waals surface area (Å²) in [5.74, 6) is 0. The summed E-state index contributed by atoms with van der Waals surface area (Å²) in [6.45, 7) is 0.569. The molecule has 0 aliphatic carbocycles. The van der Waals surface area contributed by atoms with Gasteiger partial charge in [-0.15, -0.1) is 11.3 Å². The SMILES string of the molecule is NCCO/N=C(/[C]=O)c1csc(N)n1. The van der Waals surface area contributed by atoms with E-state index in [0.717, 1.165) is 0 Å². The van der Waals surface area contributed by atoms with E-state index in [-0.39, 0.29) is 12.3 Å². The first kappa shape index (κ1) is 10.6. The number of oxime groups is 1. The molecule has 0 amide bonds. The van der Waals surface area contributed by atoms with Crippen molar-refractivity contribution in [3.8, 4) is 0 Å². The van der Waals surface area contributed by atoms with Crippen LogP contribution in [0.15, 0.2) is 10.5 Å². The van der Waals surface area contributed by atoms with Crippen molar-refractivity contribution in [2.45, 2.75) is 0 Å². The fourth-order valence-corrected chi connectivity index (χ4v) is 1.22. The van der Waals surface area contributed by atoms with Crippen molar-refractivity contribution in [1.82, 2.24) is 4.98 Å². The van der Waals surface area contributed by atoms with Gasteiger partial charge in [-0.2, -0.15) is 0 Å². The number of carbonyl (C=O) groups excluding carboxylic acids is 1. The van der Waals surface area contributed by atoms with Gasteiger partial charge in [0, 0.05) is 11.9 Å². The Morgan fingerprint density at radius 1 is 1.79 bits per heavy atom. The Kier molecular flexibility index (Phi) is 4.02. The summed E-state index contributed by atoms with van der Waals surface area (Å²) >= 11 is 1.21. The Bertz CT molecular complexity index is 336. The van der Waals surface area contributed by atoms with Crippen LogP contribution in [0.25, 0.3) is 0 Å². The molecule has 4 N–H and O–H groups in total. The van der Waals surface area contributed by atoms with Gasteiger partial charge in [-0.3, -0.25) is 4.79 Å². The normalized spacial score (nSPS) is 11.4. The maximum absolute atomic E-state index is 10.5. The van der Waals surface area contributed by atoms with Crippen LogP contribution in [-0.2, 0) is 9.63 Å². The van der Waals surface area contributed by atoms with Crippen LogP contribution in [0.1, 0.15) is 5.69 Å². The topological polar surface area (TPSA) is 104 Å². The van der Waals surface area contributed by atoms with Crippen LogP contribution < -0.4 is 11.5 Å². The van der Waals surface area contributed by atoms with Crippen LogP contribution >= 0.6 is 11.3 Å². The van der Waals surface area contributed by atoms with E-state index in [1.165, 1.54) is 11.3 Å². The van der Waals surface area contributed by atoms with E-state index in [4.69, 9.17) is 16.3 Å². The third kappa shape index (κ3) is 2.79. The molecular formula is C7H9N4O2S. The fourth-order valence-electron chi connectivity index (χ4n) is 0.677. The monoisotopic (exact) mass is 213 g/mol. The summed E-state index contributed by atoms with van der Waals surface area (Å²) in [7, 11) is 0. The van der Waals surface area contributed by atoms with Gasteiger partial charge < -0.3 is 16.3 Å². The van der Waals surface area contributed by atoms with Crippen LogP contribution in [0, 0.1) is 0 Å². The minimum Gasteiger partial charge on any atom is -0.394 e. The molecule has 1 aromatic rings. The summed E-state index contributed by atoms with van der Waals surface area (Å²) in [6, 6.07) is 0. The highest BCUT2D eigenvalue weighted by atomic mass is 32.1. The van der Waals surface area contributed by atoms with Crippen molar-refractivity contribution in [2.24, 2.45) is 10.9 Å². The molecule has 0 aromatic carbocycles. The highest BCUT2D eigenvalue weighted by molar-refractivity contribution is 7.13. The highest BCUT2D eigenvalue weighted by Gasteiger charge is 2.08. The van der Waals surface area contributed by atoms with E-state index in [1.807, 2.05) is 0 Å². The molecule has 0 bridgehead atoms. The molecule has 0 unspecified atom stereocenters. The van der Waals surface area contributed by atoms with Gasteiger partial charge in [0.1, 0.15) is 12.3 Å². The lowest BCUT2D eigenvalue weighted by Crippen LogP contribution is -2.09. The Labute approximate surface area is 84.6 Å². The average molecular weight is 213 g/mol. The molecule has 0 spiro atoms. The van der Waals surface area contributed by atoms with E-state index in [0.29, 0.717) is 17.4 Å². The molecule has 7 heteroatoms. The van der Waals surface area contributed by atoms with E-state index in [2.05, 4.69) is 10.1 Å². The number of hydrogen-bond acceptors (Lipinski definition) is 7. The molecule has 1 rings (SSSR count). The van der Waals surface area contributed by atoms with E-state index >= 15 is 0 Å². The van der Waals surface area contributed by atoms with Crippen molar-refractivity contribution in [3.05, 3.63) is 11.1 Å². The number of nitrogens with two attached hydrogens (primary N) is 2. The van der Waals surface area contributed by atoms with Gasteiger partial charge in [0.2, 0.25) is 0 Å². The van der Waals surface area contributed by atoms with Gasteiger partial charge in [0.05, 0.1) is 0 Å². The average Bonchev–Trinajstić information content (AvgIpc) is 2.60. The summed E-state index contributed by atoms with van der Waals surface area (Å²) in [4.78, 5) is 19.0. The van der Waals surface area contributed by atoms with Gasteiger partial charge in [0.15, 0.2) is 10.8 Å². The molecule has 0 saturated carbocycles. The molecule has 0 saturated heterocycles. The van der Waals surface area contributed by atoms with Crippen LogP contribution in [0.3, 0.4) is 0 Å². The molecule has 6 nitrogen and oxygen atoms in total. The number of nitrogen functional groups attached to an aromatic ring is 1. The quantitative estimate of drug-likeness (QED) is 0.390. The summed E-state index contributed by atoms with van der Waals surface area (Å²) < 4.78 is 0. The number of aromatic nitrogens is 1. The van der Waals surface area contributed by atoms with Crippen LogP contribution in [0.5, 0.6) is 0 Å². The van der Waals surface area contributed by atoms with Crippen LogP contribution in [0.4, 0.5) is 5.13 Å². The second-order valence-electron chi connectivity index (χ2n) is 2.23. The maximum Gasteiger partial charge on any atom is 0.259 e. The van der Waals surface area contributed by atoms with Crippen molar-refractivity contribution in [1.29, 1.82) is 0 Å². The Balaban J connectivity index is 2.71. The first-order valence-corrected chi connectivity index (χ1v) is 4.65. The maximum atomic E-state index is 10.5. The zero-order valence-electron chi connectivity index (χ0n) is 7.27. The number of rotatable bonds is 5. The van der Waals surface area contributed by atoms with Crippen molar-refractivity contribution in [2.75, 3.05) is 18.9 Å². The minimum absolute atomic E-state index is 0.00796. The van der Waals surface area contributed by atoms with Crippen LogP contribution in [0.2, 0.25) is 0 Å². The Morgan fingerprint density at radius 3 is 3.07 bits per heavy atom. The van der Waals surface area contributed by atoms with E-state index in [9.17, 15) is 4.79 Å². The van der Waals surface area contributed by atoms with Gasteiger partial charge in [-0.05, 0) is 0 Å². The lowest BCUT2D eigenvalue weighted by molar-refractivity contribution is 0.153. The number of nitrogens with zero attached hydrogens (tertiary/aromatic N) is 2. The molecule has 1 radical (unpaired) electrons. The van der Waals surface area contributed by atoms with Crippen molar-refractivity contribution < 1.29 is 9.63 Å². The first-order valence-electron chi connectivity index (χ1n) is 3.77. The van der Waals surface area contributed by atoms with E-state index < -0.39 is 0 Å². The number of hydrogen-bond donors (Lipinski definition) is 2. The first-order chi connectivity index (χ1) is 6.77. The summed E-state index contributed by atoms with van der Waals surface area (Å²) in [5, 5.41) is 5.48. The molecular weight excluding hydrogens is 204 g/mol. The van der Waals surface area contributed by atoms with Crippen molar-refractivity contribution in [3.63, 3.8) is 0 Å². The Morgan fingerprint density at radius 2 is 2.57 bits per heavy atom. The van der Waals surface area contributed by atoms with E-state index in [1.54, 1.807) is 11.7 Å². The molecule has 1 aromatic heterocycles. The molecule has 0 atom stereocenters. The molecule has 0 aliphatic heterocycles. The molecule has 1 heterocycles. The van der Waals surface area contributed by atoms with Gasteiger partial charge in [-0.1, -0.05) is 5.16 Å². The fraction of sp³-hybridized carbons (Fsp3) is 0.286. The summed E-state index contributed by atoms with van der Waals surface area (Å²) in [6.07, 6.45) is 1.61. The third-order valence-electron chi connectivity index (χ3n) is 1.23. The predicted molar refractivity (Wildman–Crippen MR) is 53.8 cm³/mol. The summed E-state index contributed by atoms with van der Waals surface area (Å²) in [5.41, 5.74) is 10.9. The zero-order chi connectivity index (χ0) is 10.4. The minimum atomic E-state index is -0.00796. The second-order valence-corrected chi connectivity index (χ2v) is 3.12. The molecule has 75 valence electrons. The van der Waals surface area contributed by atoms with Crippen LogP contribution in [-0.4, -0.2) is 30.1 Å². The third-order valence-corrected chi connectivity index (χ3v) is 1.90. The zero-order valence-corrected chi connectivity index (χ0v) is 8.08. The lowest BCUT2D eigenvalue weighted by atomic mass is 10.3. The van der Waals surface area contributed by atoms with Crippen molar-refractivity contribution >= 4 is 28.5 Å². The Hall–Kier alpha value is -1.47. The predicted octanol–water partition coefficient (Wildman–Crippen LogP) is -0.486. The van der Waals surface area contributed by atoms with Gasteiger partial charge in [-0.25, -0.2) is 4.98 Å². The lowest BCUT2D eigenvalue weighted by Gasteiger charge is -1.95. The molecule has 14 heavy (non-hydrogen) atoms. The second kappa shape index (κ2) is 5.30. The smallest absolute Gasteiger partial charge is 0.259 e. The molecule has 0 aliphatic rings. The van der Waals surface area contributed by atoms with Gasteiger partial charge in [0.25, 0.3) is 6.29 Å². The number of anilines is 1. The molecule has 0 fully saturated rings. The number of thiazole rings is 1. The van der Waals surface area contributed by atoms with Gasteiger partial charge >= 0.3 is 0 Å².